The van der Waals surface area contributed by atoms with Crippen LogP contribution in [0.2, 0.25) is 0 Å². The Morgan fingerprint density at radius 1 is 1.00 bits per heavy atom. The van der Waals surface area contributed by atoms with Gasteiger partial charge in [0.25, 0.3) is 0 Å². The Morgan fingerprint density at radius 3 is 1.62 bits per heavy atom. The summed E-state index contributed by atoms with van der Waals surface area (Å²) in [4.78, 5) is 0. The van der Waals surface area contributed by atoms with Gasteiger partial charge in [0, 0.05) is 0 Å². The van der Waals surface area contributed by atoms with Gasteiger partial charge in [0.15, 0.2) is 0 Å². The molecule has 0 amide bonds. The van der Waals surface area contributed by atoms with Crippen LogP contribution >= 0.6 is 18.4 Å². The Balaban J connectivity index is 0.000000174. The SMILES string of the molecule is [Cl][Nb][Cl].[c-]1[c-][c-][cH-][c-]1.c1cc[cH-]c1. The fourth-order valence-electron chi connectivity index (χ4n) is 0.501. The van der Waals surface area contributed by atoms with Crippen LogP contribution in [0.15, 0.2) is 36.4 Å². The fourth-order valence-corrected chi connectivity index (χ4v) is 0.501. The molecule has 71 valence electrons. The van der Waals surface area contributed by atoms with Gasteiger partial charge in [-0.1, -0.05) is 0 Å². The minimum absolute atomic E-state index is 0.706. The molecular weight excluding hydrogens is 284 g/mol. The first-order valence-electron chi connectivity index (χ1n) is 3.33. The van der Waals surface area contributed by atoms with E-state index in [9.17, 15) is 0 Å². The van der Waals surface area contributed by atoms with Gasteiger partial charge in [-0.15, -0.1) is 0 Å². The Morgan fingerprint density at radius 2 is 1.46 bits per heavy atom. The van der Waals surface area contributed by atoms with Crippen molar-refractivity contribution >= 4 is 18.4 Å². The van der Waals surface area contributed by atoms with E-state index in [2.05, 4.69) is 24.3 Å². The van der Waals surface area contributed by atoms with Crippen LogP contribution in [-0.4, -0.2) is 0 Å². The number of hydrogen-bond acceptors (Lipinski definition) is 0. The number of rotatable bonds is 0. The second-order valence-electron chi connectivity index (χ2n) is 1.71. The van der Waals surface area contributed by atoms with Gasteiger partial charge in [-0.05, 0) is 0 Å². The van der Waals surface area contributed by atoms with E-state index >= 15 is 0 Å². The van der Waals surface area contributed by atoms with Gasteiger partial charge in [-0.25, -0.2) is 12.1 Å². The Bertz CT molecular complexity index is 165. The number of hydrogen-bond donors (Lipinski definition) is 0. The molecule has 0 heterocycles. The summed E-state index contributed by atoms with van der Waals surface area (Å²) in [5.41, 5.74) is 0. The predicted octanol–water partition coefficient (Wildman–Crippen LogP) is 3.39. The van der Waals surface area contributed by atoms with Gasteiger partial charge >= 0.3 is 36.0 Å². The normalized spacial score (nSPS) is 7.23. The summed E-state index contributed by atoms with van der Waals surface area (Å²) in [5, 5.41) is 0. The van der Waals surface area contributed by atoms with Crippen LogP contribution < -0.4 is 0 Å². The van der Waals surface area contributed by atoms with Gasteiger partial charge in [0.05, 0.1) is 0 Å². The van der Waals surface area contributed by atoms with E-state index in [1.807, 2.05) is 30.3 Å². The first-order valence-corrected chi connectivity index (χ1v) is 8.99. The molecule has 0 spiro atoms. The Hall–Kier alpha value is 0.0203. The second-order valence-corrected chi connectivity index (χ2v) is 5.05. The van der Waals surface area contributed by atoms with E-state index in [0.717, 1.165) is 0 Å². The molecule has 0 atom stereocenters. The zero-order chi connectivity index (χ0) is 9.78. The molecule has 0 aliphatic heterocycles. The molecule has 0 aromatic heterocycles. The molecule has 0 saturated heterocycles. The van der Waals surface area contributed by atoms with E-state index in [0.29, 0.717) is 0 Å². The maximum Gasteiger partial charge on any atom is -0.172 e. The average molecular weight is 290 g/mol. The zero-order valence-electron chi connectivity index (χ0n) is 6.67. The van der Waals surface area contributed by atoms with Gasteiger partial charge in [0.2, 0.25) is 0 Å². The van der Waals surface area contributed by atoms with Crippen LogP contribution in [0, 0.1) is 24.3 Å². The third-order valence-electron chi connectivity index (χ3n) is 0.907. The number of halogens is 2. The van der Waals surface area contributed by atoms with Gasteiger partial charge < -0.3 is 30.3 Å². The molecule has 0 N–H and O–H groups in total. The summed E-state index contributed by atoms with van der Waals surface area (Å²) in [7, 11) is 9.83. The van der Waals surface area contributed by atoms with E-state index in [4.69, 9.17) is 18.4 Å². The summed E-state index contributed by atoms with van der Waals surface area (Å²) >= 11 is -0.706. The van der Waals surface area contributed by atoms with Crippen LogP contribution in [0.5, 0.6) is 0 Å². The Labute approximate surface area is 96.2 Å². The Kier molecular flexibility index (Phi) is 12.0. The van der Waals surface area contributed by atoms with Crippen molar-refractivity contribution in [1.82, 2.24) is 0 Å². The maximum absolute atomic E-state index is 4.91. The molecule has 2 aromatic carbocycles. The second kappa shape index (κ2) is 12.0. The van der Waals surface area contributed by atoms with Crippen molar-refractivity contribution < 1.29 is 17.6 Å². The van der Waals surface area contributed by atoms with Crippen LogP contribution in [0.1, 0.15) is 0 Å². The van der Waals surface area contributed by atoms with E-state index in [1.54, 1.807) is 6.07 Å². The van der Waals surface area contributed by atoms with Crippen LogP contribution in [0.25, 0.3) is 0 Å². The molecule has 0 nitrogen and oxygen atoms in total. The van der Waals surface area contributed by atoms with Crippen molar-refractivity contribution in [3.63, 3.8) is 0 Å². The monoisotopic (exact) mass is 289 g/mol. The van der Waals surface area contributed by atoms with Crippen molar-refractivity contribution in [3.05, 3.63) is 60.7 Å². The standard InChI is InChI=1S/C5H5.C5H.2ClH.Nb/c2*1-2-4-5-3-1;;;/h1-5H;1H;2*1H;/q-1;-5;;;+2/p-2. The molecule has 2 aromatic rings. The van der Waals surface area contributed by atoms with Crippen molar-refractivity contribution in [2.75, 3.05) is 0 Å². The van der Waals surface area contributed by atoms with Crippen LogP contribution in [0.4, 0.5) is 0 Å². The third kappa shape index (κ3) is 12.0. The molecular formula is C10H6Cl2Nb-6. The van der Waals surface area contributed by atoms with Gasteiger partial charge in [-0.2, -0.15) is 18.2 Å². The summed E-state index contributed by atoms with van der Waals surface area (Å²) in [6.07, 6.45) is 0. The van der Waals surface area contributed by atoms with Crippen LogP contribution in [0.3, 0.4) is 0 Å². The zero-order valence-corrected chi connectivity index (χ0v) is 10.4. The van der Waals surface area contributed by atoms with Gasteiger partial charge in [-0.3, -0.25) is 0 Å². The third-order valence-corrected chi connectivity index (χ3v) is 0.907. The molecule has 13 heavy (non-hydrogen) atoms. The topological polar surface area (TPSA) is 0 Å². The maximum atomic E-state index is 4.91. The molecule has 0 bridgehead atoms. The average Bonchev–Trinajstić information content (AvgIpc) is 2.85. The summed E-state index contributed by atoms with van der Waals surface area (Å²) in [5.74, 6) is 0. The van der Waals surface area contributed by atoms with E-state index in [1.165, 1.54) is 0 Å². The summed E-state index contributed by atoms with van der Waals surface area (Å²) < 4.78 is 0. The molecule has 0 saturated carbocycles. The fraction of sp³-hybridized carbons (Fsp3) is 0. The molecule has 0 unspecified atom stereocenters. The van der Waals surface area contributed by atoms with E-state index < -0.39 is 17.6 Å². The smallest absolute Gasteiger partial charge is 0.172 e. The van der Waals surface area contributed by atoms with Crippen molar-refractivity contribution in [2.24, 2.45) is 0 Å². The molecule has 3 heteroatoms. The first kappa shape index (κ1) is 13.0. The first-order chi connectivity index (χ1) is 6.41. The summed E-state index contributed by atoms with van der Waals surface area (Å²) in [6, 6.07) is 22.0. The molecule has 0 aliphatic carbocycles. The predicted molar refractivity (Wildman–Crippen MR) is 51.1 cm³/mol. The van der Waals surface area contributed by atoms with Crippen molar-refractivity contribution in [1.29, 1.82) is 0 Å². The largest absolute Gasteiger partial charge is 0.999 e. The van der Waals surface area contributed by atoms with E-state index in [-0.39, 0.29) is 0 Å². The van der Waals surface area contributed by atoms with Crippen LogP contribution in [-0.2, 0) is 17.6 Å². The summed E-state index contributed by atoms with van der Waals surface area (Å²) in [6.45, 7) is 0. The molecule has 0 aliphatic rings. The minimum Gasteiger partial charge on any atom is -0.999 e. The van der Waals surface area contributed by atoms with Crippen molar-refractivity contribution in [3.8, 4) is 0 Å². The minimum atomic E-state index is -0.706. The quantitative estimate of drug-likeness (QED) is 0.515. The van der Waals surface area contributed by atoms with Gasteiger partial charge in [0.1, 0.15) is 0 Å². The molecule has 0 fully saturated rings. The molecule has 2 rings (SSSR count). The molecule has 0 radical (unpaired) electrons. The van der Waals surface area contributed by atoms with Crippen molar-refractivity contribution in [2.45, 2.75) is 0 Å².